The van der Waals surface area contributed by atoms with Gasteiger partial charge in [-0.05, 0) is 169 Å². The third-order valence-electron chi connectivity index (χ3n) is 14.9. The Morgan fingerprint density at radius 1 is 0.581 bits per heavy atom. The second-order valence-corrected chi connectivity index (χ2v) is 30.2. The van der Waals surface area contributed by atoms with Crippen LogP contribution < -0.4 is 30.3 Å². The molecule has 0 spiro atoms. The van der Waals surface area contributed by atoms with Crippen LogP contribution in [0, 0.1) is 45.9 Å². The minimum Gasteiger partial charge on any atom is -1.00 e. The first-order chi connectivity index (χ1) is 42.0. The molecular weight excluding hydrogens is 1540 g/mol. The van der Waals surface area contributed by atoms with Gasteiger partial charge in [0.25, 0.3) is 5.97 Å². The van der Waals surface area contributed by atoms with Crippen LogP contribution in [0.2, 0.25) is 0 Å². The first-order valence-electron chi connectivity index (χ1n) is 30.7. The van der Waals surface area contributed by atoms with E-state index >= 15 is 0 Å². The number of carboxylic acid groups (broad SMARTS) is 1. The van der Waals surface area contributed by atoms with Crippen LogP contribution in [0.1, 0.15) is 278 Å². The third kappa shape index (κ3) is 34.9. The number of Topliss-reactive ketones (excluding diaryl/α,β-unsaturated/α-hetero) is 5. The van der Waals surface area contributed by atoms with Crippen molar-refractivity contribution in [3.63, 3.8) is 0 Å². The van der Waals surface area contributed by atoms with Crippen LogP contribution in [0.3, 0.4) is 0 Å². The van der Waals surface area contributed by atoms with E-state index in [9.17, 15) is 24.0 Å². The Bertz CT molecular complexity index is 3000. The average molecular weight is 1640 g/mol. The summed E-state index contributed by atoms with van der Waals surface area (Å²) in [6.45, 7) is 18.4. The fraction of sp³-hybridized carbons (Fsp3) is 0.646. The van der Waals surface area contributed by atoms with Gasteiger partial charge in [0, 0.05) is 99.3 Å². The van der Waals surface area contributed by atoms with Gasteiger partial charge in [0.1, 0.15) is 16.4 Å². The van der Waals surface area contributed by atoms with Crippen LogP contribution in [0.5, 0.6) is 0 Å². The van der Waals surface area contributed by atoms with Crippen molar-refractivity contribution < 1.29 is 54.2 Å². The van der Waals surface area contributed by atoms with Gasteiger partial charge in [-0.25, -0.2) is 24.9 Å². The topological polar surface area (TPSA) is 263 Å². The quantitative estimate of drug-likeness (QED) is 0.0639. The Morgan fingerprint density at radius 2 is 0.892 bits per heavy atom. The molecule has 4 atom stereocenters. The second-order valence-electron chi connectivity index (χ2n) is 22.5. The number of thiocarbonyl (C=S) groups is 1. The van der Waals surface area contributed by atoms with Crippen LogP contribution in [-0.2, 0) is 56.1 Å². The van der Waals surface area contributed by atoms with E-state index in [2.05, 4.69) is 122 Å². The zero-order valence-electron chi connectivity index (χ0n) is 55.6. The molecule has 5 N–H and O–H groups in total. The van der Waals surface area contributed by atoms with E-state index in [4.69, 9.17) is 26.6 Å². The van der Waals surface area contributed by atoms with Gasteiger partial charge in [-0.3, -0.25) is 28.8 Å². The number of carboxylic acids is 1. The monoisotopic (exact) mass is 1640 g/mol. The molecule has 0 saturated heterocycles. The van der Waals surface area contributed by atoms with Gasteiger partial charge in [0.15, 0.2) is 34.7 Å². The molecule has 5 aromatic rings. The first kappa shape index (κ1) is 95.6. The molecule has 0 amide bonds. The molecular formula is C65H101AlBr3Cl2LiN8O7S6. The fourth-order valence-electron chi connectivity index (χ4n) is 11.2. The zero-order chi connectivity index (χ0) is 65.5. The van der Waals surface area contributed by atoms with Crippen LogP contribution in [0.4, 0.5) is 0 Å². The fourth-order valence-corrected chi connectivity index (χ4v) is 17.0. The Labute approximate surface area is 640 Å². The molecule has 93 heavy (non-hydrogen) atoms. The number of nitrogens with zero attached hydrogens (tertiary/aromatic N) is 6. The summed E-state index contributed by atoms with van der Waals surface area (Å²) in [5, 5.41) is 22.1. The van der Waals surface area contributed by atoms with E-state index in [0.29, 0.717) is 43.0 Å². The van der Waals surface area contributed by atoms with Crippen molar-refractivity contribution >= 4 is 195 Å². The summed E-state index contributed by atoms with van der Waals surface area (Å²) >= 11 is 21.7. The number of fused-ring (bicyclic) bond motifs is 5. The van der Waals surface area contributed by atoms with Crippen molar-refractivity contribution in [1.82, 2.24) is 24.9 Å². The number of rotatable bonds is 5. The number of hydrogen-bond acceptors (Lipinski definition) is 19. The molecule has 0 bridgehead atoms. The van der Waals surface area contributed by atoms with Crippen molar-refractivity contribution in [2.45, 2.75) is 265 Å². The van der Waals surface area contributed by atoms with Gasteiger partial charge >= 0.3 is 18.9 Å². The maximum Gasteiger partial charge on any atom is 1.00 e. The molecule has 0 aromatic carbocycles. The van der Waals surface area contributed by atoms with Gasteiger partial charge in [-0.1, -0.05) is 62.3 Å². The molecule has 0 radical (unpaired) electrons. The number of alkyl halides is 1. The average Bonchev–Trinajstić information content (AvgIpc) is 1.74. The number of nitrogens with two attached hydrogens (primary N) is 2. The van der Waals surface area contributed by atoms with Gasteiger partial charge in [0.05, 0.1) is 81.8 Å². The molecule has 2 fully saturated rings. The maximum absolute atomic E-state index is 11.3. The molecule has 7 aliphatic carbocycles. The number of carbonyl (C=O) groups is 6. The molecule has 12 rings (SSSR count). The summed E-state index contributed by atoms with van der Waals surface area (Å²) in [5.74, 6) is 2.14. The van der Waals surface area contributed by atoms with E-state index in [1.54, 1.807) is 28.0 Å². The molecule has 2 saturated carbocycles. The van der Waals surface area contributed by atoms with Gasteiger partial charge < -0.3 is 18.0 Å². The van der Waals surface area contributed by atoms with Gasteiger partial charge in [-0.15, -0.1) is 81.5 Å². The minimum absolute atomic E-state index is 0. The SMILES string of the molecule is BrBr.C.CC(=O)O.CC(N)=S.CCCC1CCCc2nc(C)sc21.CCCC1CCCc2nc(C)sc21.Cc1nc2c(s1)C(=O)CCC2.Cc1nc2c(s1)C(C#N)CCC2.Cc1nc2c(s1)C(CN)CCC2.Cl.Cl.O=C1CCCC(=O)C1.O=C1CCCC(=O)C1Br.[AlH3].[H-].[Li+]. The second kappa shape index (κ2) is 52.5. The Balaban J connectivity index is -0.000000488. The predicted octanol–water partition coefficient (Wildman–Crippen LogP) is 14.8. The minimum atomic E-state index is -0.833. The van der Waals surface area contributed by atoms with Crippen molar-refractivity contribution in [1.29, 1.82) is 5.26 Å². The van der Waals surface area contributed by atoms with Crippen molar-refractivity contribution in [3.05, 3.63) is 77.9 Å². The smallest absolute Gasteiger partial charge is 1.00 e. The van der Waals surface area contributed by atoms with E-state index in [1.165, 1.54) is 136 Å². The number of nitriles is 1. The van der Waals surface area contributed by atoms with Crippen molar-refractivity contribution in [3.8, 4) is 6.07 Å². The van der Waals surface area contributed by atoms with E-state index < -0.39 is 10.8 Å². The predicted molar refractivity (Wildman–Crippen MR) is 410 cm³/mol. The number of hydrogen-bond donors (Lipinski definition) is 3. The summed E-state index contributed by atoms with van der Waals surface area (Å²) < 4.78 is 0. The molecule has 5 aromatic heterocycles. The number of thiazole rings is 5. The molecule has 28 heteroatoms. The maximum atomic E-state index is 11.3. The third-order valence-corrected chi connectivity index (χ3v) is 21.6. The normalized spacial score (nSPS) is 18.3. The summed E-state index contributed by atoms with van der Waals surface area (Å²) in [4.78, 5) is 91.9. The molecule has 518 valence electrons. The number of aromatic nitrogens is 5. The first-order valence-corrected chi connectivity index (χ1v) is 39.9. The van der Waals surface area contributed by atoms with Crippen LogP contribution >= 0.6 is 138 Å². The molecule has 0 aliphatic heterocycles. The van der Waals surface area contributed by atoms with Crippen LogP contribution in [-0.4, -0.2) is 98.6 Å². The van der Waals surface area contributed by atoms with Crippen molar-refractivity contribution in [2.75, 3.05) is 6.54 Å². The van der Waals surface area contributed by atoms with E-state index in [-0.39, 0.29) is 111 Å². The van der Waals surface area contributed by atoms with Gasteiger partial charge in [0.2, 0.25) is 0 Å². The van der Waals surface area contributed by atoms with E-state index in [1.807, 2.05) is 47.9 Å². The number of halogens is 5. The molecule has 15 nitrogen and oxygen atoms in total. The summed E-state index contributed by atoms with van der Waals surface area (Å²) in [7, 11) is 0. The number of aryl methyl sites for hydroxylation is 10. The molecule has 4 unspecified atom stereocenters. The van der Waals surface area contributed by atoms with Crippen LogP contribution in [0.25, 0.3) is 0 Å². The zero-order valence-corrected chi connectivity index (χ0v) is 65.9. The number of aliphatic carboxylic acids is 1. The van der Waals surface area contributed by atoms with Gasteiger partial charge in [-0.2, -0.15) is 5.26 Å². The largest absolute Gasteiger partial charge is 1.00 e. The van der Waals surface area contributed by atoms with E-state index in [0.717, 1.165) is 97.3 Å². The summed E-state index contributed by atoms with van der Waals surface area (Å²) in [6.07, 6.45) is 26.9. The standard InChI is InChI=1S/2C11H17NS.C9H14N2S.C9H10N2S.C8H9NOS.C6H7BrO2.C6H8O2.C2H5NS.C2H4O2.CH4.Al.Br2.2ClH.Li.4H/c2*1-3-5-9-6-4-7-10-11(9)13-8(2)12-10;2*1-6-11-8-4-2-3-7(5-10)9(8)12-6;1-5-9-6-3-2-4-7(10)8(6)11-5;7-6-4(8)2-1-3-5(6)9;7-5-2-1-3-6(8)4-5;2*1-2(3)4;;;1-2;;;;;;;/h2*9H,3-7H2,1-2H3;7H,2-5,10H2,1H3;7H,2-4H2,1H3;2-4H2,1H3;6H,1-3H2;1-4H2;1H3,(H2,3,4);1H3,(H,3,4);1H4;;;2*1H;;;;;/q;;;;;;;;;;;;;;+1;;;;-1. The van der Waals surface area contributed by atoms with Crippen LogP contribution in [0.15, 0.2) is 0 Å². The summed E-state index contributed by atoms with van der Waals surface area (Å²) in [5.41, 5.74) is 16.9. The Hall–Kier alpha value is -1.54. The Kier molecular flexibility index (Phi) is 54.0. The summed E-state index contributed by atoms with van der Waals surface area (Å²) in [6, 6.07) is 2.34. The molecule has 5 heterocycles. The van der Waals surface area contributed by atoms with Crippen molar-refractivity contribution in [2.24, 2.45) is 11.5 Å². The molecule has 7 aliphatic rings. The number of ketones is 5. The number of carbonyl (C=O) groups excluding carboxylic acids is 5. The Morgan fingerprint density at radius 3 is 1.24 bits per heavy atom.